The summed E-state index contributed by atoms with van der Waals surface area (Å²) in [5, 5.41) is 12.5. The van der Waals surface area contributed by atoms with Crippen molar-refractivity contribution in [2.45, 2.75) is 13.0 Å². The number of amides is 1. The van der Waals surface area contributed by atoms with E-state index in [-0.39, 0.29) is 18.2 Å². The van der Waals surface area contributed by atoms with Gasteiger partial charge in [0.25, 0.3) is 5.91 Å². The first-order valence-corrected chi connectivity index (χ1v) is 6.67. The fraction of sp³-hybridized carbons (Fsp3) is 0.385. The van der Waals surface area contributed by atoms with Crippen LogP contribution in [0.3, 0.4) is 0 Å². The van der Waals surface area contributed by atoms with Gasteiger partial charge in [0.2, 0.25) is 0 Å². The number of hydrogen-bond donors (Lipinski definition) is 2. The van der Waals surface area contributed by atoms with Crippen molar-refractivity contribution in [2.24, 2.45) is 5.41 Å². The Labute approximate surface area is 125 Å². The van der Waals surface area contributed by atoms with Crippen molar-refractivity contribution in [3.05, 3.63) is 33.8 Å². The van der Waals surface area contributed by atoms with Crippen molar-refractivity contribution in [3.8, 4) is 0 Å². The lowest BCUT2D eigenvalue weighted by Gasteiger charge is -2.25. The molecule has 0 radical (unpaired) electrons. The van der Waals surface area contributed by atoms with E-state index >= 15 is 0 Å². The molecule has 0 spiro atoms. The topological polar surface area (TPSA) is 75.6 Å². The molecule has 0 bridgehead atoms. The molecule has 2 unspecified atom stereocenters. The number of halogens is 2. The summed E-state index contributed by atoms with van der Waals surface area (Å²) in [5.41, 5.74) is -0.815. The minimum atomic E-state index is -1.13. The van der Waals surface area contributed by atoms with Crippen molar-refractivity contribution in [1.82, 2.24) is 5.32 Å². The average molecular weight is 318 g/mol. The number of hydrogen-bond acceptors (Lipinski definition) is 3. The summed E-state index contributed by atoms with van der Waals surface area (Å²) in [6.45, 7) is 1.77. The Morgan fingerprint density at radius 2 is 2.10 bits per heavy atom. The lowest BCUT2D eigenvalue weighted by molar-refractivity contribution is -0.148. The van der Waals surface area contributed by atoms with Gasteiger partial charge in [-0.1, -0.05) is 23.2 Å². The molecule has 0 aliphatic carbocycles. The molecule has 0 saturated carbocycles. The number of ether oxygens (including phenoxy) is 1. The van der Waals surface area contributed by atoms with Crippen LogP contribution >= 0.6 is 23.2 Å². The average Bonchev–Trinajstić information content (AvgIpc) is 2.75. The third-order valence-corrected chi connectivity index (χ3v) is 4.17. The normalized spacial score (nSPS) is 25.4. The Hall–Kier alpha value is -1.30. The second-order valence-corrected chi connectivity index (χ2v) is 5.71. The van der Waals surface area contributed by atoms with Crippen molar-refractivity contribution in [1.29, 1.82) is 0 Å². The van der Waals surface area contributed by atoms with Crippen molar-refractivity contribution >= 4 is 35.1 Å². The Kier molecular flexibility index (Phi) is 4.22. The summed E-state index contributed by atoms with van der Waals surface area (Å²) in [5.74, 6) is -1.42. The molecule has 2 atom stereocenters. The Morgan fingerprint density at radius 3 is 2.70 bits per heavy atom. The second kappa shape index (κ2) is 5.60. The van der Waals surface area contributed by atoms with Crippen LogP contribution in [0.4, 0.5) is 0 Å². The van der Waals surface area contributed by atoms with Gasteiger partial charge >= 0.3 is 5.97 Å². The minimum Gasteiger partial charge on any atom is -0.481 e. The summed E-state index contributed by atoms with van der Waals surface area (Å²) in [7, 11) is 0. The van der Waals surface area contributed by atoms with E-state index in [4.69, 9.17) is 27.9 Å². The molecular weight excluding hydrogens is 305 g/mol. The second-order valence-electron chi connectivity index (χ2n) is 4.89. The molecule has 1 aliphatic rings. The van der Waals surface area contributed by atoms with Crippen LogP contribution in [-0.4, -0.2) is 36.2 Å². The van der Waals surface area contributed by atoms with E-state index in [1.807, 2.05) is 0 Å². The summed E-state index contributed by atoms with van der Waals surface area (Å²) in [6.07, 6.45) is 0. The molecule has 1 aliphatic heterocycles. The van der Waals surface area contributed by atoms with Gasteiger partial charge in [-0.05, 0) is 25.1 Å². The molecule has 5 nitrogen and oxygen atoms in total. The third kappa shape index (κ3) is 2.75. The molecule has 0 aromatic heterocycles. The van der Waals surface area contributed by atoms with Crippen LogP contribution in [0, 0.1) is 5.41 Å². The zero-order valence-electron chi connectivity index (χ0n) is 10.7. The fourth-order valence-electron chi connectivity index (χ4n) is 1.96. The maximum Gasteiger partial charge on any atom is 0.313 e. The molecule has 1 saturated heterocycles. The maximum atomic E-state index is 12.1. The van der Waals surface area contributed by atoms with Crippen LogP contribution in [-0.2, 0) is 9.53 Å². The van der Waals surface area contributed by atoms with Gasteiger partial charge in [0.1, 0.15) is 5.41 Å². The van der Waals surface area contributed by atoms with E-state index in [1.54, 1.807) is 6.92 Å². The van der Waals surface area contributed by atoms with Gasteiger partial charge in [-0.2, -0.15) is 0 Å². The summed E-state index contributed by atoms with van der Waals surface area (Å²) >= 11 is 11.6. The Balaban J connectivity index is 2.15. The largest absolute Gasteiger partial charge is 0.481 e. The molecular formula is C13H13Cl2NO4. The quantitative estimate of drug-likeness (QED) is 0.896. The van der Waals surface area contributed by atoms with Crippen LogP contribution in [0.2, 0.25) is 10.0 Å². The van der Waals surface area contributed by atoms with Gasteiger partial charge in [0.15, 0.2) is 0 Å². The molecule has 20 heavy (non-hydrogen) atoms. The number of carboxylic acid groups (broad SMARTS) is 1. The lowest BCUT2D eigenvalue weighted by Crippen LogP contribution is -2.49. The molecule has 1 fully saturated rings. The van der Waals surface area contributed by atoms with Crippen LogP contribution in [0.15, 0.2) is 18.2 Å². The van der Waals surface area contributed by atoms with Crippen molar-refractivity contribution in [3.63, 3.8) is 0 Å². The van der Waals surface area contributed by atoms with Gasteiger partial charge in [-0.3, -0.25) is 9.59 Å². The predicted octanol–water partition coefficient (Wildman–Crippen LogP) is 2.21. The van der Waals surface area contributed by atoms with Crippen LogP contribution in [0.1, 0.15) is 17.3 Å². The Bertz CT molecular complexity index is 563. The highest BCUT2D eigenvalue weighted by Gasteiger charge is 2.47. The van der Waals surface area contributed by atoms with Crippen LogP contribution in [0.5, 0.6) is 0 Å². The number of benzene rings is 1. The van der Waals surface area contributed by atoms with E-state index in [2.05, 4.69) is 5.32 Å². The fourth-order valence-corrected chi connectivity index (χ4v) is 2.26. The molecule has 7 heteroatoms. The zero-order chi connectivity index (χ0) is 14.9. The van der Waals surface area contributed by atoms with E-state index in [0.717, 1.165) is 0 Å². The van der Waals surface area contributed by atoms with E-state index in [0.29, 0.717) is 10.6 Å². The number of nitrogens with one attached hydrogen (secondary N) is 1. The monoisotopic (exact) mass is 317 g/mol. The lowest BCUT2D eigenvalue weighted by atomic mass is 9.85. The molecule has 1 aromatic rings. The molecule has 1 amide bonds. The van der Waals surface area contributed by atoms with Crippen LogP contribution < -0.4 is 5.32 Å². The van der Waals surface area contributed by atoms with E-state index in [1.165, 1.54) is 18.2 Å². The van der Waals surface area contributed by atoms with Gasteiger partial charge in [-0.25, -0.2) is 0 Å². The number of aliphatic carboxylic acids is 1. The number of carboxylic acids is 1. The number of rotatable bonds is 3. The van der Waals surface area contributed by atoms with Gasteiger partial charge < -0.3 is 15.2 Å². The zero-order valence-corrected chi connectivity index (χ0v) is 12.2. The van der Waals surface area contributed by atoms with Gasteiger partial charge in [-0.15, -0.1) is 0 Å². The molecule has 2 N–H and O–H groups in total. The Morgan fingerprint density at radius 1 is 1.40 bits per heavy atom. The summed E-state index contributed by atoms with van der Waals surface area (Å²) in [6, 6.07) is 3.88. The summed E-state index contributed by atoms with van der Waals surface area (Å²) in [4.78, 5) is 23.4. The molecule has 1 heterocycles. The van der Waals surface area contributed by atoms with E-state index < -0.39 is 23.3 Å². The SMILES string of the molecule is CC1(C(=O)O)COCC1NC(=O)c1ccc(Cl)c(Cl)c1. The van der Waals surface area contributed by atoms with E-state index in [9.17, 15) is 14.7 Å². The first kappa shape index (κ1) is 15.1. The number of carbonyl (C=O) groups is 2. The molecule has 2 rings (SSSR count). The highest BCUT2D eigenvalue weighted by Crippen LogP contribution is 2.29. The molecule has 108 valence electrons. The van der Waals surface area contributed by atoms with Crippen molar-refractivity contribution in [2.75, 3.05) is 13.2 Å². The highest BCUT2D eigenvalue weighted by atomic mass is 35.5. The van der Waals surface area contributed by atoms with Crippen LogP contribution in [0.25, 0.3) is 0 Å². The first-order valence-electron chi connectivity index (χ1n) is 5.91. The van der Waals surface area contributed by atoms with Gasteiger partial charge in [0, 0.05) is 5.56 Å². The maximum absolute atomic E-state index is 12.1. The summed E-state index contributed by atoms with van der Waals surface area (Å²) < 4.78 is 5.17. The number of carbonyl (C=O) groups excluding carboxylic acids is 1. The smallest absolute Gasteiger partial charge is 0.313 e. The highest BCUT2D eigenvalue weighted by molar-refractivity contribution is 6.42. The third-order valence-electron chi connectivity index (χ3n) is 3.43. The van der Waals surface area contributed by atoms with Crippen molar-refractivity contribution < 1.29 is 19.4 Å². The standard InChI is InChI=1S/C13H13Cl2NO4/c1-13(12(18)19)6-20-5-10(13)16-11(17)7-2-3-8(14)9(15)4-7/h2-4,10H,5-6H2,1H3,(H,16,17)(H,18,19). The first-order chi connectivity index (χ1) is 9.34. The minimum absolute atomic E-state index is 0.0641. The molecule has 1 aromatic carbocycles. The van der Waals surface area contributed by atoms with Gasteiger partial charge in [0.05, 0.1) is 29.3 Å². The predicted molar refractivity (Wildman–Crippen MR) is 74.3 cm³/mol.